The molecule has 1 unspecified atom stereocenters. The number of halogens is 4. The van der Waals surface area contributed by atoms with Crippen LogP contribution in [0.15, 0.2) is 0 Å². The molecule has 0 radical (unpaired) electrons. The summed E-state index contributed by atoms with van der Waals surface area (Å²) in [7, 11) is 0. The molecule has 1 N–H and O–H groups in total. The van der Waals surface area contributed by atoms with Gasteiger partial charge in [0.1, 0.15) is 0 Å². The van der Waals surface area contributed by atoms with Gasteiger partial charge in [0.25, 0.3) is 0 Å². The molecule has 0 aromatic heterocycles. The van der Waals surface area contributed by atoms with Gasteiger partial charge in [-0.3, -0.25) is 0 Å². The van der Waals surface area contributed by atoms with Crippen molar-refractivity contribution in [3.63, 3.8) is 0 Å². The smallest absolute Gasteiger partial charge is 0.192 e. The third kappa shape index (κ3) is 11.2. The van der Waals surface area contributed by atoms with Gasteiger partial charge in [-0.1, -0.05) is 54.1 Å². The second-order valence-electron chi connectivity index (χ2n) is 3.34. The maximum Gasteiger partial charge on any atom is 0.192 e. The molecule has 0 rings (SSSR count). The van der Waals surface area contributed by atoms with Crippen LogP contribution in [0.25, 0.3) is 0 Å². The highest BCUT2D eigenvalue weighted by Crippen LogP contribution is 2.34. The fourth-order valence-corrected chi connectivity index (χ4v) is 2.37. The van der Waals surface area contributed by atoms with E-state index in [0.717, 1.165) is 32.1 Å². The second-order valence-corrected chi connectivity index (χ2v) is 6.48. The summed E-state index contributed by atoms with van der Waals surface area (Å²) in [5.41, 5.74) is 0. The van der Waals surface area contributed by atoms with E-state index in [9.17, 15) is 0 Å². The Bertz CT molecular complexity index is 135. The maximum absolute atomic E-state index is 8.55. The number of hydrogen-bond acceptors (Lipinski definition) is 1. The van der Waals surface area contributed by atoms with Gasteiger partial charge in [0.2, 0.25) is 0 Å². The summed E-state index contributed by atoms with van der Waals surface area (Å²) in [5.74, 6) is 0. The standard InChI is InChI=1S/C9H16Cl4O/c10-8(7-9(11,12)13)5-3-1-2-4-6-14/h8,14H,1-7H2. The minimum absolute atomic E-state index is 0.0726. The van der Waals surface area contributed by atoms with Gasteiger partial charge in [-0.25, -0.2) is 0 Å². The third-order valence-corrected chi connectivity index (χ3v) is 2.71. The van der Waals surface area contributed by atoms with E-state index < -0.39 is 3.79 Å². The molecule has 0 aromatic rings. The van der Waals surface area contributed by atoms with Gasteiger partial charge >= 0.3 is 0 Å². The normalized spacial score (nSPS) is 14.4. The third-order valence-electron chi connectivity index (χ3n) is 1.88. The molecule has 0 saturated carbocycles. The van der Waals surface area contributed by atoms with E-state index in [1.54, 1.807) is 0 Å². The fraction of sp³-hybridized carbons (Fsp3) is 1.00. The van der Waals surface area contributed by atoms with Crippen LogP contribution in [0.3, 0.4) is 0 Å². The summed E-state index contributed by atoms with van der Waals surface area (Å²) in [4.78, 5) is 0. The highest BCUT2D eigenvalue weighted by molar-refractivity contribution is 6.67. The van der Waals surface area contributed by atoms with Gasteiger partial charge in [0.15, 0.2) is 3.79 Å². The average molecular weight is 282 g/mol. The Morgan fingerprint density at radius 3 is 2.07 bits per heavy atom. The van der Waals surface area contributed by atoms with E-state index in [-0.39, 0.29) is 12.0 Å². The highest BCUT2D eigenvalue weighted by atomic mass is 35.6. The zero-order chi connectivity index (χ0) is 11.0. The van der Waals surface area contributed by atoms with E-state index >= 15 is 0 Å². The molecule has 1 nitrogen and oxygen atoms in total. The first-order valence-corrected chi connectivity index (χ1v) is 6.34. The minimum atomic E-state index is -1.24. The Balaban J connectivity index is 3.31. The molecule has 0 amide bonds. The molecule has 0 aromatic carbocycles. The average Bonchev–Trinajstić information content (AvgIpc) is 2.00. The van der Waals surface area contributed by atoms with Crippen LogP contribution in [0.1, 0.15) is 38.5 Å². The Morgan fingerprint density at radius 1 is 1.00 bits per heavy atom. The molecule has 0 aliphatic heterocycles. The molecule has 0 spiro atoms. The van der Waals surface area contributed by atoms with Crippen LogP contribution >= 0.6 is 46.4 Å². The molecule has 86 valence electrons. The van der Waals surface area contributed by atoms with Crippen molar-refractivity contribution in [2.24, 2.45) is 0 Å². The van der Waals surface area contributed by atoms with Crippen LogP contribution in [0.5, 0.6) is 0 Å². The first-order valence-electron chi connectivity index (χ1n) is 4.77. The number of aliphatic hydroxyl groups excluding tert-OH is 1. The van der Waals surface area contributed by atoms with Crippen molar-refractivity contribution < 1.29 is 5.11 Å². The van der Waals surface area contributed by atoms with Gasteiger partial charge in [-0.2, -0.15) is 0 Å². The Labute approximate surface area is 106 Å². The quantitative estimate of drug-likeness (QED) is 0.545. The summed E-state index contributed by atoms with van der Waals surface area (Å²) in [6.07, 6.45) is 5.24. The molecular weight excluding hydrogens is 266 g/mol. The number of hydrogen-bond donors (Lipinski definition) is 1. The van der Waals surface area contributed by atoms with E-state index in [0.29, 0.717) is 6.42 Å². The van der Waals surface area contributed by atoms with Crippen molar-refractivity contribution >= 4 is 46.4 Å². The summed E-state index contributed by atoms with van der Waals surface area (Å²) in [6.45, 7) is 0.262. The zero-order valence-electron chi connectivity index (χ0n) is 7.99. The SMILES string of the molecule is OCCCCCCC(Cl)CC(Cl)(Cl)Cl. The van der Waals surface area contributed by atoms with Crippen molar-refractivity contribution in [3.8, 4) is 0 Å². The van der Waals surface area contributed by atoms with Gasteiger partial charge in [-0.15, -0.1) is 11.6 Å². The zero-order valence-corrected chi connectivity index (χ0v) is 11.0. The van der Waals surface area contributed by atoms with Crippen molar-refractivity contribution in [2.45, 2.75) is 47.7 Å². The molecular formula is C9H16Cl4O. The van der Waals surface area contributed by atoms with Crippen molar-refractivity contribution in [1.29, 1.82) is 0 Å². The van der Waals surface area contributed by atoms with Gasteiger partial charge in [0.05, 0.1) is 0 Å². The summed E-state index contributed by atoms with van der Waals surface area (Å²) < 4.78 is -1.24. The van der Waals surface area contributed by atoms with Crippen molar-refractivity contribution in [3.05, 3.63) is 0 Å². The van der Waals surface area contributed by atoms with E-state index in [1.165, 1.54) is 0 Å². The molecule has 0 saturated heterocycles. The molecule has 0 fully saturated rings. The van der Waals surface area contributed by atoms with Crippen LogP contribution in [-0.2, 0) is 0 Å². The first-order chi connectivity index (χ1) is 6.45. The number of aliphatic hydroxyl groups is 1. The fourth-order valence-electron chi connectivity index (χ4n) is 1.18. The maximum atomic E-state index is 8.55. The number of alkyl halides is 4. The minimum Gasteiger partial charge on any atom is -0.396 e. The number of rotatable bonds is 7. The van der Waals surface area contributed by atoms with Crippen LogP contribution in [0.4, 0.5) is 0 Å². The van der Waals surface area contributed by atoms with Gasteiger partial charge < -0.3 is 5.11 Å². The van der Waals surface area contributed by atoms with Crippen LogP contribution in [0.2, 0.25) is 0 Å². The molecule has 0 aliphatic rings. The second kappa shape index (κ2) is 8.29. The van der Waals surface area contributed by atoms with Gasteiger partial charge in [0, 0.05) is 18.4 Å². The lowest BCUT2D eigenvalue weighted by Crippen LogP contribution is -2.11. The largest absolute Gasteiger partial charge is 0.396 e. The predicted molar refractivity (Wildman–Crippen MR) is 64.7 cm³/mol. The molecule has 1 atom stereocenters. The molecule has 14 heavy (non-hydrogen) atoms. The lowest BCUT2D eigenvalue weighted by Gasteiger charge is -2.15. The van der Waals surface area contributed by atoms with Crippen molar-refractivity contribution in [1.82, 2.24) is 0 Å². The first kappa shape index (κ1) is 15.1. The van der Waals surface area contributed by atoms with Crippen molar-refractivity contribution in [2.75, 3.05) is 6.61 Å². The summed E-state index contributed by atoms with van der Waals surface area (Å²) in [5, 5.41) is 8.48. The van der Waals surface area contributed by atoms with E-state index in [1.807, 2.05) is 0 Å². The molecule has 5 heteroatoms. The van der Waals surface area contributed by atoms with E-state index in [4.69, 9.17) is 51.5 Å². The van der Waals surface area contributed by atoms with Crippen LogP contribution in [-0.4, -0.2) is 20.9 Å². The van der Waals surface area contributed by atoms with Gasteiger partial charge in [-0.05, 0) is 12.8 Å². The molecule has 0 bridgehead atoms. The Morgan fingerprint density at radius 2 is 1.57 bits per heavy atom. The summed E-state index contributed by atoms with van der Waals surface area (Å²) in [6, 6.07) is 0. The monoisotopic (exact) mass is 280 g/mol. The lowest BCUT2D eigenvalue weighted by atomic mass is 10.1. The predicted octanol–water partition coefficient (Wildman–Crippen LogP) is 4.30. The van der Waals surface area contributed by atoms with E-state index in [2.05, 4.69) is 0 Å². The Hall–Kier alpha value is 1.12. The number of unbranched alkanes of at least 4 members (excludes halogenated alkanes) is 3. The topological polar surface area (TPSA) is 20.2 Å². The molecule has 0 aliphatic carbocycles. The van der Waals surface area contributed by atoms with Crippen LogP contribution in [0, 0.1) is 0 Å². The Kier molecular flexibility index (Phi) is 8.96. The molecule has 0 heterocycles. The highest BCUT2D eigenvalue weighted by Gasteiger charge is 2.23. The van der Waals surface area contributed by atoms with Crippen LogP contribution < -0.4 is 0 Å². The summed E-state index contributed by atoms with van der Waals surface area (Å²) >= 11 is 22.8. The lowest BCUT2D eigenvalue weighted by molar-refractivity contribution is 0.282.